The van der Waals surface area contributed by atoms with Crippen LogP contribution in [0.1, 0.15) is 16.7 Å². The second-order valence-corrected chi connectivity index (χ2v) is 18.6. The Hall–Kier alpha value is -10.9. The first-order valence-electron chi connectivity index (χ1n) is 24.7. The normalized spacial score (nSPS) is 11.4. The lowest BCUT2D eigenvalue weighted by Crippen LogP contribution is -2.14. The SMILES string of the molecule is N#Cc1c(-n2c3ccccc3c3cc(-c4ccccc4)ncc32)c(C#N)c(-n2c3cc(-c4ccccc4)ccc3c3ccc(-c4ccccc4)cc32)c(C#N)c1-n1c2ccccc2c2cc(-c3ccccc3)ncc21. The molecule has 75 heavy (non-hydrogen) atoms. The van der Waals surface area contributed by atoms with Crippen molar-refractivity contribution >= 4 is 65.4 Å². The van der Waals surface area contributed by atoms with Crippen LogP contribution >= 0.6 is 0 Å². The topological polar surface area (TPSA) is 112 Å². The van der Waals surface area contributed by atoms with Crippen LogP contribution in [0.5, 0.6) is 0 Å². The molecular weight excluding hydrogens is 917 g/mol. The van der Waals surface area contributed by atoms with Gasteiger partial charge in [-0.2, -0.15) is 15.8 Å². The number of para-hydroxylation sites is 2. The molecule has 0 aliphatic heterocycles. The van der Waals surface area contributed by atoms with Gasteiger partial charge in [-0.15, -0.1) is 0 Å². The second kappa shape index (κ2) is 17.2. The molecule has 14 rings (SSSR count). The lowest BCUT2D eigenvalue weighted by Gasteiger charge is -2.23. The second-order valence-electron chi connectivity index (χ2n) is 18.6. The molecule has 0 amide bonds. The van der Waals surface area contributed by atoms with Gasteiger partial charge in [-0.3, -0.25) is 9.97 Å². The Labute approximate surface area is 430 Å². The van der Waals surface area contributed by atoms with E-state index in [1.807, 2.05) is 155 Å². The van der Waals surface area contributed by atoms with Crippen molar-refractivity contribution in [2.45, 2.75) is 0 Å². The number of aromatic nitrogens is 5. The summed E-state index contributed by atoms with van der Waals surface area (Å²) in [6, 6.07) is 81.6. The molecule has 0 atom stereocenters. The third kappa shape index (κ3) is 6.60. The molecule has 0 bridgehead atoms. The average Bonchev–Trinajstić information content (AvgIpc) is 4.11. The monoisotopic (exact) mass is 954 g/mol. The lowest BCUT2D eigenvalue weighted by atomic mass is 9.96. The zero-order valence-corrected chi connectivity index (χ0v) is 40.0. The van der Waals surface area contributed by atoms with Crippen LogP contribution in [0.4, 0.5) is 0 Å². The molecule has 0 radical (unpaired) electrons. The number of fused-ring (bicyclic) bond motifs is 9. The highest BCUT2D eigenvalue weighted by Crippen LogP contribution is 2.46. The highest BCUT2D eigenvalue weighted by Gasteiger charge is 2.33. The summed E-state index contributed by atoms with van der Waals surface area (Å²) in [4.78, 5) is 10.1. The largest absolute Gasteiger partial charge is 0.306 e. The minimum absolute atomic E-state index is 0.146. The van der Waals surface area contributed by atoms with Gasteiger partial charge in [0, 0.05) is 43.4 Å². The maximum absolute atomic E-state index is 12.2. The molecule has 9 aromatic carbocycles. The highest BCUT2D eigenvalue weighted by molar-refractivity contribution is 6.15. The Bertz CT molecular complexity index is 4480. The first-order valence-corrected chi connectivity index (χ1v) is 24.7. The van der Waals surface area contributed by atoms with Crippen LogP contribution in [0.2, 0.25) is 0 Å². The van der Waals surface area contributed by atoms with Crippen LogP contribution in [0.3, 0.4) is 0 Å². The molecule has 0 spiro atoms. The molecule has 0 N–H and O–H groups in total. The van der Waals surface area contributed by atoms with Gasteiger partial charge in [0.25, 0.3) is 0 Å². The summed E-state index contributed by atoms with van der Waals surface area (Å²) in [5, 5.41) is 41.9. The molecule has 0 aliphatic rings. The van der Waals surface area contributed by atoms with Gasteiger partial charge in [-0.25, -0.2) is 0 Å². The van der Waals surface area contributed by atoms with E-state index >= 15 is 0 Å². The summed E-state index contributed by atoms with van der Waals surface area (Å²) < 4.78 is 6.11. The van der Waals surface area contributed by atoms with Crippen molar-refractivity contribution in [1.82, 2.24) is 23.7 Å². The lowest BCUT2D eigenvalue weighted by molar-refractivity contribution is 1.06. The van der Waals surface area contributed by atoms with Crippen molar-refractivity contribution in [3.63, 3.8) is 0 Å². The number of pyridine rings is 2. The van der Waals surface area contributed by atoms with Crippen LogP contribution in [-0.4, -0.2) is 23.7 Å². The van der Waals surface area contributed by atoms with E-state index in [0.717, 1.165) is 99.2 Å². The Balaban J connectivity index is 1.20. The minimum Gasteiger partial charge on any atom is -0.306 e. The molecule has 8 nitrogen and oxygen atoms in total. The molecule has 0 saturated heterocycles. The summed E-state index contributed by atoms with van der Waals surface area (Å²) >= 11 is 0. The Morgan fingerprint density at radius 2 is 0.587 bits per heavy atom. The highest BCUT2D eigenvalue weighted by atomic mass is 15.1. The van der Waals surface area contributed by atoms with Crippen molar-refractivity contribution in [3.8, 4) is 80.0 Å². The van der Waals surface area contributed by atoms with Crippen LogP contribution in [-0.2, 0) is 0 Å². The Kier molecular flexibility index (Phi) is 9.85. The molecule has 5 heterocycles. The van der Waals surface area contributed by atoms with E-state index < -0.39 is 0 Å². The molecular formula is C67H38N8. The molecule has 5 aromatic heterocycles. The summed E-state index contributed by atoms with van der Waals surface area (Å²) in [5.74, 6) is 0. The quantitative estimate of drug-likeness (QED) is 0.158. The third-order valence-electron chi connectivity index (χ3n) is 14.7. The fourth-order valence-corrected chi connectivity index (χ4v) is 11.3. The molecule has 346 valence electrons. The van der Waals surface area contributed by atoms with Crippen LogP contribution < -0.4 is 0 Å². The Morgan fingerprint density at radius 1 is 0.267 bits per heavy atom. The fourth-order valence-electron chi connectivity index (χ4n) is 11.3. The van der Waals surface area contributed by atoms with E-state index in [1.165, 1.54) is 0 Å². The number of nitriles is 3. The maximum atomic E-state index is 12.2. The van der Waals surface area contributed by atoms with Crippen molar-refractivity contribution in [2.75, 3.05) is 0 Å². The Morgan fingerprint density at radius 3 is 0.960 bits per heavy atom. The molecule has 0 saturated carbocycles. The molecule has 0 aliphatic carbocycles. The summed E-state index contributed by atoms with van der Waals surface area (Å²) in [6.07, 6.45) is 3.68. The van der Waals surface area contributed by atoms with E-state index in [0.29, 0.717) is 28.1 Å². The van der Waals surface area contributed by atoms with E-state index in [1.54, 1.807) is 0 Å². The van der Waals surface area contributed by atoms with Crippen molar-refractivity contribution in [2.24, 2.45) is 0 Å². The first-order chi connectivity index (χ1) is 37.1. The zero-order valence-electron chi connectivity index (χ0n) is 40.0. The number of nitrogens with zero attached hydrogens (tertiary/aromatic N) is 8. The smallest absolute Gasteiger partial charge is 0.104 e. The van der Waals surface area contributed by atoms with Gasteiger partial charge in [-0.05, 0) is 58.7 Å². The number of rotatable bonds is 7. The predicted octanol–water partition coefficient (Wildman–Crippen LogP) is 16.1. The van der Waals surface area contributed by atoms with Crippen LogP contribution in [0, 0.1) is 34.0 Å². The van der Waals surface area contributed by atoms with Gasteiger partial charge in [-0.1, -0.05) is 182 Å². The predicted molar refractivity (Wildman–Crippen MR) is 301 cm³/mol. The standard InChI is InChI=1S/C67H38N8/c68-37-54-65(73-59-27-15-13-25-48(59)52-35-57(71-40-63(52)73)44-21-9-3-10-22-44)55(38-69)67(56(39-70)66(54)74-60-28-16-14-26-49(60)53-36-58(72-41-64(53)74)45-23-11-4-12-24-45)75-61-33-46(42-17-5-1-6-18-42)29-31-50(61)51-32-30-47(34-62(51)75)43-19-7-2-8-20-43/h1-36,40-41H. The molecule has 14 aromatic rings. The van der Waals surface area contributed by atoms with Crippen LogP contribution in [0.25, 0.3) is 127 Å². The van der Waals surface area contributed by atoms with Gasteiger partial charge >= 0.3 is 0 Å². The molecule has 0 fully saturated rings. The summed E-state index contributed by atoms with van der Waals surface area (Å²) in [5.41, 5.74) is 13.4. The zero-order chi connectivity index (χ0) is 50.1. The summed E-state index contributed by atoms with van der Waals surface area (Å²) in [7, 11) is 0. The van der Waals surface area contributed by atoms with Crippen molar-refractivity contribution < 1.29 is 0 Å². The molecule has 8 heteroatoms. The third-order valence-corrected chi connectivity index (χ3v) is 14.7. The van der Waals surface area contributed by atoms with E-state index in [2.05, 4.69) is 108 Å². The van der Waals surface area contributed by atoms with E-state index in [-0.39, 0.29) is 16.7 Å². The van der Waals surface area contributed by atoms with Gasteiger partial charge in [0.15, 0.2) is 0 Å². The van der Waals surface area contributed by atoms with Gasteiger partial charge in [0.2, 0.25) is 0 Å². The average molecular weight is 955 g/mol. The van der Waals surface area contributed by atoms with Gasteiger partial charge < -0.3 is 13.7 Å². The number of hydrogen-bond acceptors (Lipinski definition) is 5. The van der Waals surface area contributed by atoms with E-state index in [4.69, 9.17) is 9.97 Å². The fraction of sp³-hybridized carbons (Fsp3) is 0. The van der Waals surface area contributed by atoms with Crippen molar-refractivity contribution in [3.05, 3.63) is 247 Å². The number of benzene rings is 9. The summed E-state index contributed by atoms with van der Waals surface area (Å²) in [6.45, 7) is 0. The number of hydrogen-bond donors (Lipinski definition) is 0. The van der Waals surface area contributed by atoms with Gasteiger partial charge in [0.05, 0.1) is 73.9 Å². The first kappa shape index (κ1) is 43.0. The minimum atomic E-state index is 0.146. The molecule has 0 unspecified atom stereocenters. The van der Waals surface area contributed by atoms with Crippen molar-refractivity contribution in [1.29, 1.82) is 15.8 Å². The van der Waals surface area contributed by atoms with E-state index in [9.17, 15) is 15.8 Å². The maximum Gasteiger partial charge on any atom is 0.104 e. The van der Waals surface area contributed by atoms with Gasteiger partial charge in [0.1, 0.15) is 34.9 Å². The van der Waals surface area contributed by atoms with Crippen LogP contribution in [0.15, 0.2) is 231 Å².